The molecule has 6 heteroatoms. The average Bonchev–Trinajstić information content (AvgIpc) is 3.44. The lowest BCUT2D eigenvalue weighted by Gasteiger charge is -2.60. The van der Waals surface area contributed by atoms with Crippen molar-refractivity contribution in [3.8, 4) is 0 Å². The van der Waals surface area contributed by atoms with Gasteiger partial charge in [-0.05, 0) is 106 Å². The summed E-state index contributed by atoms with van der Waals surface area (Å²) in [5, 5.41) is 7.83. The first-order chi connectivity index (χ1) is 16.2. The van der Waals surface area contributed by atoms with Gasteiger partial charge in [0.05, 0.1) is 5.71 Å². The van der Waals surface area contributed by atoms with Crippen LogP contribution < -0.4 is 5.32 Å². The molecule has 0 spiro atoms. The number of likely N-dealkylation sites (N-methyl/N-ethyl adjacent to an activating group) is 1. The van der Waals surface area contributed by atoms with Crippen molar-refractivity contribution < 1.29 is 14.4 Å². The number of hydrogen-bond acceptors (Lipinski definition) is 5. The Labute approximate surface area is 205 Å². The predicted molar refractivity (Wildman–Crippen MR) is 133 cm³/mol. The number of hydrogen-bond donors (Lipinski definition) is 1. The van der Waals surface area contributed by atoms with E-state index in [1.807, 2.05) is 0 Å². The number of carbonyl (C=O) groups excluding carboxylic acids is 2. The Hall–Kier alpha value is -1.43. The summed E-state index contributed by atoms with van der Waals surface area (Å²) < 4.78 is 0. The fourth-order valence-corrected chi connectivity index (χ4v) is 9.29. The molecule has 1 N–H and O–H groups in total. The van der Waals surface area contributed by atoms with E-state index in [1.54, 1.807) is 11.9 Å². The Balaban J connectivity index is 1.24. The van der Waals surface area contributed by atoms with Crippen molar-refractivity contribution in [1.29, 1.82) is 0 Å². The highest BCUT2D eigenvalue weighted by molar-refractivity contribution is 5.85. The topological polar surface area (TPSA) is 71.0 Å². The molecule has 0 radical (unpaired) electrons. The van der Waals surface area contributed by atoms with Gasteiger partial charge in [-0.2, -0.15) is 0 Å². The molecule has 8 atom stereocenters. The van der Waals surface area contributed by atoms with Crippen LogP contribution in [0.4, 0.5) is 4.79 Å². The zero-order valence-corrected chi connectivity index (χ0v) is 21.8. The van der Waals surface area contributed by atoms with Gasteiger partial charge in [0.2, 0.25) is 0 Å². The molecule has 1 unspecified atom stereocenters. The van der Waals surface area contributed by atoms with Gasteiger partial charge in [-0.3, -0.25) is 9.63 Å². The van der Waals surface area contributed by atoms with Gasteiger partial charge < -0.3 is 10.2 Å². The van der Waals surface area contributed by atoms with Crippen LogP contribution in [-0.4, -0.2) is 48.7 Å². The van der Waals surface area contributed by atoms with E-state index >= 15 is 0 Å². The summed E-state index contributed by atoms with van der Waals surface area (Å²) in [7, 11) is 1.80. The van der Waals surface area contributed by atoms with Crippen LogP contribution in [0.3, 0.4) is 0 Å². The average molecular weight is 472 g/mol. The van der Waals surface area contributed by atoms with E-state index in [-0.39, 0.29) is 11.5 Å². The van der Waals surface area contributed by atoms with Crippen LogP contribution in [0.25, 0.3) is 0 Å². The van der Waals surface area contributed by atoms with E-state index in [9.17, 15) is 9.59 Å². The maximum Gasteiger partial charge on any atom is 0.435 e. The molecule has 190 valence electrons. The second kappa shape index (κ2) is 9.22. The first kappa shape index (κ1) is 24.3. The Morgan fingerprint density at radius 2 is 1.88 bits per heavy atom. The molecule has 4 saturated carbocycles. The van der Waals surface area contributed by atoms with Crippen LogP contribution >= 0.6 is 0 Å². The first-order valence-electron chi connectivity index (χ1n) is 13.9. The van der Waals surface area contributed by atoms with Crippen LogP contribution in [0.2, 0.25) is 0 Å². The van der Waals surface area contributed by atoms with E-state index in [4.69, 9.17) is 4.84 Å². The van der Waals surface area contributed by atoms with Gasteiger partial charge in [0.25, 0.3) is 0 Å². The minimum Gasteiger partial charge on any atom is -0.312 e. The van der Waals surface area contributed by atoms with Crippen LogP contribution in [0.5, 0.6) is 0 Å². The van der Waals surface area contributed by atoms with Crippen LogP contribution in [-0.2, 0) is 9.63 Å². The number of Topliss-reactive ketones (excluding diaryl/α,β-unsaturated/α-hetero) is 1. The summed E-state index contributed by atoms with van der Waals surface area (Å²) in [4.78, 5) is 31.8. The summed E-state index contributed by atoms with van der Waals surface area (Å²) in [5.41, 5.74) is 1.59. The number of nitrogens with one attached hydrogen (secondary N) is 1. The number of ketones is 1. The lowest BCUT2D eigenvalue weighted by Crippen LogP contribution is -2.53. The van der Waals surface area contributed by atoms with Crippen molar-refractivity contribution in [2.75, 3.05) is 20.1 Å². The van der Waals surface area contributed by atoms with Gasteiger partial charge in [0, 0.05) is 38.4 Å². The molecule has 0 aromatic carbocycles. The SMILES string of the molecule is C/C(=N\OC(=O)N(C)CC1CCCN1)[C@H]1CC[C@H]2[C@@H]3CC[C@H]4CC(=O)CC[C@]4(C)[C@H]3CC[C@]12C. The van der Waals surface area contributed by atoms with E-state index in [1.165, 1.54) is 38.5 Å². The molecular weight excluding hydrogens is 426 g/mol. The quantitative estimate of drug-likeness (QED) is 0.338. The minimum absolute atomic E-state index is 0.245. The van der Waals surface area contributed by atoms with E-state index in [0.29, 0.717) is 35.6 Å². The van der Waals surface area contributed by atoms with E-state index < -0.39 is 0 Å². The Morgan fingerprint density at radius 1 is 1.09 bits per heavy atom. The zero-order valence-electron chi connectivity index (χ0n) is 21.8. The largest absolute Gasteiger partial charge is 0.435 e. The van der Waals surface area contributed by atoms with Crippen molar-refractivity contribution in [2.24, 2.45) is 45.6 Å². The van der Waals surface area contributed by atoms with Crippen LogP contribution in [0.15, 0.2) is 5.16 Å². The molecule has 6 nitrogen and oxygen atoms in total. The molecule has 1 aliphatic heterocycles. The smallest absolute Gasteiger partial charge is 0.312 e. The lowest BCUT2D eigenvalue weighted by molar-refractivity contribution is -0.138. The molecule has 1 heterocycles. The van der Waals surface area contributed by atoms with E-state index in [2.05, 4.69) is 31.2 Å². The van der Waals surface area contributed by atoms with Crippen molar-refractivity contribution in [3.05, 3.63) is 0 Å². The predicted octanol–water partition coefficient (Wildman–Crippen LogP) is 5.41. The summed E-state index contributed by atoms with van der Waals surface area (Å²) in [6, 6.07) is 0.367. The van der Waals surface area contributed by atoms with Crippen molar-refractivity contribution >= 4 is 17.6 Å². The van der Waals surface area contributed by atoms with Crippen LogP contribution in [0, 0.1) is 40.4 Å². The van der Waals surface area contributed by atoms with Crippen molar-refractivity contribution in [2.45, 2.75) is 97.4 Å². The third-order valence-electron chi connectivity index (χ3n) is 11.2. The summed E-state index contributed by atoms with van der Waals surface area (Å²) in [6.07, 6.45) is 12.1. The summed E-state index contributed by atoms with van der Waals surface area (Å²) >= 11 is 0. The van der Waals surface area contributed by atoms with Gasteiger partial charge in [0.1, 0.15) is 5.78 Å². The monoisotopic (exact) mass is 471 g/mol. The van der Waals surface area contributed by atoms with Crippen molar-refractivity contribution in [1.82, 2.24) is 10.2 Å². The summed E-state index contributed by atoms with van der Waals surface area (Å²) in [6.45, 7) is 8.78. The molecule has 5 aliphatic rings. The molecular formula is C28H45N3O3. The minimum atomic E-state index is -0.352. The van der Waals surface area contributed by atoms with Gasteiger partial charge in [0.15, 0.2) is 0 Å². The molecule has 5 fully saturated rings. The maximum atomic E-state index is 12.5. The molecule has 1 amide bonds. The number of nitrogens with zero attached hydrogens (tertiary/aromatic N) is 2. The maximum absolute atomic E-state index is 12.5. The Kier molecular flexibility index (Phi) is 6.58. The van der Waals surface area contributed by atoms with Gasteiger partial charge in [-0.15, -0.1) is 0 Å². The first-order valence-corrected chi connectivity index (χ1v) is 13.9. The molecule has 5 rings (SSSR count). The van der Waals surface area contributed by atoms with Crippen molar-refractivity contribution in [3.63, 3.8) is 0 Å². The van der Waals surface area contributed by atoms with Gasteiger partial charge in [-0.1, -0.05) is 19.0 Å². The number of oxime groups is 1. The molecule has 4 aliphatic carbocycles. The molecule has 1 saturated heterocycles. The molecule has 34 heavy (non-hydrogen) atoms. The van der Waals surface area contributed by atoms with Crippen LogP contribution in [0.1, 0.15) is 91.4 Å². The third-order valence-corrected chi connectivity index (χ3v) is 11.2. The Morgan fingerprint density at radius 3 is 2.65 bits per heavy atom. The van der Waals surface area contributed by atoms with E-state index in [0.717, 1.165) is 62.1 Å². The highest BCUT2D eigenvalue weighted by Crippen LogP contribution is 2.67. The third kappa shape index (κ3) is 4.12. The highest BCUT2D eigenvalue weighted by Gasteiger charge is 2.60. The highest BCUT2D eigenvalue weighted by atomic mass is 16.7. The lowest BCUT2D eigenvalue weighted by atomic mass is 9.44. The molecule has 0 bridgehead atoms. The number of rotatable bonds is 4. The van der Waals surface area contributed by atoms with Gasteiger partial charge >= 0.3 is 6.09 Å². The number of carbonyl (C=O) groups is 2. The number of fused-ring (bicyclic) bond motifs is 5. The number of amides is 1. The second-order valence-corrected chi connectivity index (χ2v) is 12.8. The normalized spacial score (nSPS) is 44.2. The fraction of sp³-hybridized carbons (Fsp3) is 0.893. The molecule has 0 aromatic heterocycles. The molecule has 0 aromatic rings. The fourth-order valence-electron chi connectivity index (χ4n) is 9.29. The standard InChI is InChI=1S/C28H45N3O3/c1-18(30-34-26(33)31(4)17-20-6-5-15-29-20)23-9-10-24-22-8-7-19-16-21(32)11-13-27(19,2)25(22)12-14-28(23,24)3/h19-20,22-25,29H,5-17H2,1-4H3/b30-18+/t19-,20?,22-,23+,24-,25-,27-,28+/m0/s1. The Bertz CT molecular complexity index is 837. The summed E-state index contributed by atoms with van der Waals surface area (Å²) in [5.74, 6) is 3.77. The second-order valence-electron chi connectivity index (χ2n) is 12.8. The zero-order chi connectivity index (χ0) is 24.1. The van der Waals surface area contributed by atoms with Gasteiger partial charge in [-0.25, -0.2) is 4.79 Å².